The third kappa shape index (κ3) is 3.58. The van der Waals surface area contributed by atoms with Crippen LogP contribution in [0.5, 0.6) is 0 Å². The first-order valence-electron chi connectivity index (χ1n) is 9.53. The highest BCUT2D eigenvalue weighted by Gasteiger charge is 2.38. The zero-order valence-corrected chi connectivity index (χ0v) is 16.8. The summed E-state index contributed by atoms with van der Waals surface area (Å²) in [4.78, 5) is 41.3. The van der Waals surface area contributed by atoms with E-state index in [1.54, 1.807) is 40.8 Å². The number of pyridine rings is 1. The molecule has 2 amide bonds. The summed E-state index contributed by atoms with van der Waals surface area (Å²) in [7, 11) is 1.56. The van der Waals surface area contributed by atoms with E-state index in [-0.39, 0.29) is 53.0 Å². The summed E-state index contributed by atoms with van der Waals surface area (Å²) >= 11 is 5.79. The Bertz CT molecular complexity index is 1010. The number of likely N-dealkylation sites (tertiary alicyclic amines) is 1. The zero-order chi connectivity index (χ0) is 20.7. The van der Waals surface area contributed by atoms with Gasteiger partial charge >= 0.3 is 0 Å². The van der Waals surface area contributed by atoms with Gasteiger partial charge in [0.25, 0.3) is 17.4 Å². The maximum Gasteiger partial charge on any atom is 0.289 e. The van der Waals surface area contributed by atoms with Crippen LogP contribution in [-0.2, 0) is 6.54 Å². The van der Waals surface area contributed by atoms with Crippen molar-refractivity contribution >= 4 is 23.4 Å². The van der Waals surface area contributed by atoms with Crippen LogP contribution in [0.3, 0.4) is 0 Å². The van der Waals surface area contributed by atoms with Crippen molar-refractivity contribution in [3.8, 4) is 0 Å². The molecule has 0 spiro atoms. The molecular weight excluding hydrogens is 398 g/mol. The molecule has 2 aromatic rings. The zero-order valence-electron chi connectivity index (χ0n) is 16.0. The van der Waals surface area contributed by atoms with E-state index in [4.69, 9.17) is 21.1 Å². The van der Waals surface area contributed by atoms with Gasteiger partial charge in [-0.2, -0.15) is 0 Å². The van der Waals surface area contributed by atoms with Crippen LogP contribution in [0.4, 0.5) is 0 Å². The molecule has 2 aliphatic rings. The summed E-state index contributed by atoms with van der Waals surface area (Å²) in [6.45, 7) is 1.45. The lowest BCUT2D eigenvalue weighted by Crippen LogP contribution is -2.49. The maximum absolute atomic E-state index is 13.0. The van der Waals surface area contributed by atoms with Gasteiger partial charge in [0.1, 0.15) is 5.56 Å². The predicted octanol–water partition coefficient (Wildman–Crippen LogP) is 1.42. The number of halogens is 1. The van der Waals surface area contributed by atoms with Gasteiger partial charge in [0.2, 0.25) is 0 Å². The number of furan rings is 1. The van der Waals surface area contributed by atoms with Crippen LogP contribution in [0, 0.1) is 5.92 Å². The third-order valence-corrected chi connectivity index (χ3v) is 5.89. The topological polar surface area (TPSA) is 96.0 Å². The average molecular weight is 420 g/mol. The number of aliphatic hydroxyl groups is 1. The molecule has 0 saturated carbocycles. The number of carbonyl (C=O) groups excluding carboxylic acids is 2. The normalized spacial score (nSPS) is 20.3. The summed E-state index contributed by atoms with van der Waals surface area (Å²) in [5.74, 6) is -0.264. The summed E-state index contributed by atoms with van der Waals surface area (Å²) in [6.07, 6.45) is 0.889. The summed E-state index contributed by atoms with van der Waals surface area (Å²) < 4.78 is 6.92. The van der Waals surface area contributed by atoms with Crippen LogP contribution in [0.25, 0.3) is 0 Å². The third-order valence-electron chi connectivity index (χ3n) is 5.69. The first-order valence-corrected chi connectivity index (χ1v) is 9.91. The standard InChI is InChI=1S/C20H22ClN3O5/c1-22(6-7-25)18(26)14-2-3-15-13-8-12(10-24(15)19(14)27)9-23(11-13)20(28)16-4-5-17(21)29-16/h2-5,12-13,25H,6-11H2,1H3/t12-,13+/m0/s1. The molecule has 1 fully saturated rings. The molecule has 0 aromatic carbocycles. The van der Waals surface area contributed by atoms with E-state index in [2.05, 4.69) is 0 Å². The second-order valence-electron chi connectivity index (χ2n) is 7.65. The fourth-order valence-electron chi connectivity index (χ4n) is 4.32. The Morgan fingerprint density at radius 3 is 2.72 bits per heavy atom. The molecule has 9 heteroatoms. The van der Waals surface area contributed by atoms with Gasteiger partial charge < -0.3 is 23.9 Å². The number of nitrogens with zero attached hydrogens (tertiary/aromatic N) is 3. The Hall–Kier alpha value is -2.58. The van der Waals surface area contributed by atoms with E-state index in [1.807, 2.05) is 0 Å². The molecule has 2 atom stereocenters. The monoisotopic (exact) mass is 419 g/mol. The molecule has 0 unspecified atom stereocenters. The van der Waals surface area contributed by atoms with Crippen molar-refractivity contribution in [2.24, 2.45) is 5.92 Å². The molecule has 1 N–H and O–H groups in total. The minimum Gasteiger partial charge on any atom is -0.440 e. The van der Waals surface area contributed by atoms with Crippen LogP contribution in [0.2, 0.25) is 5.22 Å². The number of hydrogen-bond acceptors (Lipinski definition) is 5. The second kappa shape index (κ2) is 7.68. The van der Waals surface area contributed by atoms with Gasteiger partial charge in [0.15, 0.2) is 11.0 Å². The molecule has 154 valence electrons. The molecule has 2 bridgehead atoms. The number of piperidine rings is 1. The Morgan fingerprint density at radius 1 is 1.24 bits per heavy atom. The van der Waals surface area contributed by atoms with Crippen molar-refractivity contribution in [2.45, 2.75) is 18.9 Å². The van der Waals surface area contributed by atoms with Crippen molar-refractivity contribution in [3.63, 3.8) is 0 Å². The minimum atomic E-state index is -0.401. The van der Waals surface area contributed by atoms with Gasteiger partial charge in [-0.3, -0.25) is 14.4 Å². The Labute approximate surface area is 172 Å². The molecule has 2 aliphatic heterocycles. The SMILES string of the molecule is CN(CCO)C(=O)c1ccc2n(c1=O)C[C@H]1C[C@@H]2CN(C(=O)c2ccc(Cl)o2)C1. The quantitative estimate of drug-likeness (QED) is 0.808. The fourth-order valence-corrected chi connectivity index (χ4v) is 4.46. The van der Waals surface area contributed by atoms with Crippen molar-refractivity contribution < 1.29 is 19.1 Å². The Kier molecular flexibility index (Phi) is 5.23. The lowest BCUT2D eigenvalue weighted by molar-refractivity contribution is 0.0563. The highest BCUT2D eigenvalue weighted by molar-refractivity contribution is 6.29. The molecule has 4 heterocycles. The van der Waals surface area contributed by atoms with E-state index in [9.17, 15) is 14.4 Å². The number of hydrogen-bond donors (Lipinski definition) is 1. The van der Waals surface area contributed by atoms with Crippen LogP contribution >= 0.6 is 11.6 Å². The van der Waals surface area contributed by atoms with Crippen molar-refractivity contribution in [1.82, 2.24) is 14.4 Å². The first-order chi connectivity index (χ1) is 13.9. The molecule has 2 aromatic heterocycles. The lowest BCUT2D eigenvalue weighted by Gasteiger charge is -2.42. The predicted molar refractivity (Wildman–Crippen MR) is 105 cm³/mol. The van der Waals surface area contributed by atoms with Gasteiger partial charge in [-0.15, -0.1) is 0 Å². The number of carbonyl (C=O) groups is 2. The Balaban J connectivity index is 1.60. The summed E-state index contributed by atoms with van der Waals surface area (Å²) in [5.41, 5.74) is 0.620. The lowest BCUT2D eigenvalue weighted by atomic mass is 9.83. The molecule has 0 radical (unpaired) electrons. The number of amides is 2. The highest BCUT2D eigenvalue weighted by atomic mass is 35.5. The molecular formula is C20H22ClN3O5. The molecule has 8 nitrogen and oxygen atoms in total. The number of aliphatic hydroxyl groups excluding tert-OH is 1. The number of fused-ring (bicyclic) bond motifs is 4. The van der Waals surface area contributed by atoms with Gasteiger partial charge in [0, 0.05) is 44.8 Å². The average Bonchev–Trinajstić information content (AvgIpc) is 3.14. The summed E-state index contributed by atoms with van der Waals surface area (Å²) in [6, 6.07) is 6.47. The van der Waals surface area contributed by atoms with E-state index >= 15 is 0 Å². The maximum atomic E-state index is 13.0. The van der Waals surface area contributed by atoms with Crippen LogP contribution in [0.1, 0.15) is 38.9 Å². The number of likely N-dealkylation sites (N-methyl/N-ethyl adjacent to an activating group) is 1. The minimum absolute atomic E-state index is 0.0175. The van der Waals surface area contributed by atoms with Crippen molar-refractivity contribution in [2.75, 3.05) is 33.3 Å². The van der Waals surface area contributed by atoms with Gasteiger partial charge in [-0.1, -0.05) is 0 Å². The number of aromatic nitrogens is 1. The summed E-state index contributed by atoms with van der Waals surface area (Å²) in [5, 5.41) is 9.20. The van der Waals surface area contributed by atoms with Crippen LogP contribution in [-0.4, -0.2) is 64.6 Å². The van der Waals surface area contributed by atoms with Gasteiger partial charge in [-0.25, -0.2) is 0 Å². The van der Waals surface area contributed by atoms with Crippen molar-refractivity contribution in [1.29, 1.82) is 0 Å². The fraction of sp³-hybridized carbons (Fsp3) is 0.450. The molecule has 4 rings (SSSR count). The van der Waals surface area contributed by atoms with E-state index < -0.39 is 5.91 Å². The molecule has 1 saturated heterocycles. The van der Waals surface area contributed by atoms with Crippen LogP contribution in [0.15, 0.2) is 33.5 Å². The smallest absolute Gasteiger partial charge is 0.289 e. The van der Waals surface area contributed by atoms with Gasteiger partial charge in [-0.05, 0) is 48.2 Å². The second-order valence-corrected chi connectivity index (χ2v) is 8.02. The molecule has 0 aliphatic carbocycles. The highest BCUT2D eigenvalue weighted by Crippen LogP contribution is 2.36. The van der Waals surface area contributed by atoms with Crippen molar-refractivity contribution in [3.05, 3.63) is 56.9 Å². The molecule has 29 heavy (non-hydrogen) atoms. The van der Waals surface area contributed by atoms with Crippen LogP contribution < -0.4 is 5.56 Å². The Morgan fingerprint density at radius 2 is 2.03 bits per heavy atom. The number of rotatable bonds is 4. The van der Waals surface area contributed by atoms with Gasteiger partial charge in [0.05, 0.1) is 6.61 Å². The van der Waals surface area contributed by atoms with E-state index in [1.165, 1.54) is 4.90 Å². The van der Waals surface area contributed by atoms with E-state index in [0.717, 1.165) is 12.1 Å². The first kappa shape index (κ1) is 19.7. The largest absolute Gasteiger partial charge is 0.440 e. The van der Waals surface area contributed by atoms with E-state index in [0.29, 0.717) is 19.6 Å².